The number of carbonyl (C=O) groups excluding carboxylic acids is 1. The lowest BCUT2D eigenvalue weighted by Crippen LogP contribution is -2.07. The molecule has 0 saturated carbocycles. The highest BCUT2D eigenvalue weighted by Crippen LogP contribution is 2.17. The zero-order valence-electron chi connectivity index (χ0n) is 9.81. The minimum atomic E-state index is -0.148. The molecule has 0 aliphatic carbocycles. The van der Waals surface area contributed by atoms with Gasteiger partial charge in [0.1, 0.15) is 0 Å². The van der Waals surface area contributed by atoms with E-state index in [4.69, 9.17) is 11.6 Å². The van der Waals surface area contributed by atoms with Crippen LogP contribution in [0, 0.1) is 6.92 Å². The van der Waals surface area contributed by atoms with Crippen molar-refractivity contribution in [2.75, 3.05) is 5.32 Å². The first-order chi connectivity index (χ1) is 8.65. The van der Waals surface area contributed by atoms with Crippen molar-refractivity contribution in [3.63, 3.8) is 0 Å². The van der Waals surface area contributed by atoms with E-state index < -0.39 is 0 Å². The topological polar surface area (TPSA) is 29.1 Å². The SMILES string of the molecule is Cc1ccsc1/C=C/C(=O)Nc1ccc(Cl)cc1. The molecule has 0 atom stereocenters. The number of amides is 1. The van der Waals surface area contributed by atoms with E-state index in [1.165, 1.54) is 11.6 Å². The third-order valence-electron chi connectivity index (χ3n) is 2.40. The van der Waals surface area contributed by atoms with Gasteiger partial charge in [0, 0.05) is 21.7 Å². The summed E-state index contributed by atoms with van der Waals surface area (Å²) in [4.78, 5) is 12.8. The van der Waals surface area contributed by atoms with Crippen molar-refractivity contribution in [1.82, 2.24) is 0 Å². The average Bonchev–Trinajstić information content (AvgIpc) is 2.75. The molecule has 1 aromatic carbocycles. The lowest BCUT2D eigenvalue weighted by Gasteiger charge is -2.01. The molecule has 92 valence electrons. The number of hydrogen-bond donors (Lipinski definition) is 1. The Bertz CT molecular complexity index is 572. The van der Waals surface area contributed by atoms with E-state index in [9.17, 15) is 4.79 Å². The maximum atomic E-state index is 11.7. The highest BCUT2D eigenvalue weighted by Gasteiger charge is 1.99. The lowest BCUT2D eigenvalue weighted by molar-refractivity contribution is -0.111. The Morgan fingerprint density at radius 2 is 2.00 bits per heavy atom. The Morgan fingerprint density at radius 1 is 1.28 bits per heavy atom. The highest BCUT2D eigenvalue weighted by molar-refractivity contribution is 7.11. The third kappa shape index (κ3) is 3.45. The van der Waals surface area contributed by atoms with Crippen LogP contribution in [0.3, 0.4) is 0 Å². The van der Waals surface area contributed by atoms with Crippen molar-refractivity contribution in [3.05, 3.63) is 57.3 Å². The minimum Gasteiger partial charge on any atom is -0.323 e. The van der Waals surface area contributed by atoms with Gasteiger partial charge < -0.3 is 5.32 Å². The molecule has 0 aliphatic heterocycles. The summed E-state index contributed by atoms with van der Waals surface area (Å²) in [6, 6.07) is 9.05. The molecule has 4 heteroatoms. The van der Waals surface area contributed by atoms with Gasteiger partial charge in [0.05, 0.1) is 0 Å². The van der Waals surface area contributed by atoms with E-state index in [-0.39, 0.29) is 5.91 Å². The molecule has 0 fully saturated rings. The summed E-state index contributed by atoms with van der Waals surface area (Å²) in [6.07, 6.45) is 3.36. The standard InChI is InChI=1S/C14H12ClNOS/c1-10-8-9-18-13(10)6-7-14(17)16-12-4-2-11(15)3-5-12/h2-9H,1H3,(H,16,17)/b7-6+. The van der Waals surface area contributed by atoms with Crippen LogP contribution < -0.4 is 5.32 Å². The molecule has 1 heterocycles. The largest absolute Gasteiger partial charge is 0.323 e. The number of thiophene rings is 1. The lowest BCUT2D eigenvalue weighted by atomic mass is 10.2. The number of anilines is 1. The van der Waals surface area contributed by atoms with Crippen LogP contribution in [0.4, 0.5) is 5.69 Å². The van der Waals surface area contributed by atoms with Gasteiger partial charge in [-0.25, -0.2) is 0 Å². The molecule has 2 aromatic rings. The number of nitrogens with one attached hydrogen (secondary N) is 1. The van der Waals surface area contributed by atoms with E-state index in [0.717, 1.165) is 10.6 Å². The smallest absolute Gasteiger partial charge is 0.248 e. The second kappa shape index (κ2) is 5.85. The van der Waals surface area contributed by atoms with Crippen LogP contribution in [0.1, 0.15) is 10.4 Å². The predicted molar refractivity (Wildman–Crippen MR) is 78.2 cm³/mol. The quantitative estimate of drug-likeness (QED) is 0.830. The fourth-order valence-electron chi connectivity index (χ4n) is 1.42. The number of rotatable bonds is 3. The molecule has 1 N–H and O–H groups in total. The van der Waals surface area contributed by atoms with Gasteiger partial charge in [-0.05, 0) is 54.3 Å². The van der Waals surface area contributed by atoms with Crippen LogP contribution in [-0.2, 0) is 4.79 Å². The molecule has 0 radical (unpaired) electrons. The first-order valence-corrected chi connectivity index (χ1v) is 6.69. The number of hydrogen-bond acceptors (Lipinski definition) is 2. The van der Waals surface area contributed by atoms with Gasteiger partial charge >= 0.3 is 0 Å². The third-order valence-corrected chi connectivity index (χ3v) is 3.64. The Morgan fingerprint density at radius 3 is 2.61 bits per heavy atom. The maximum absolute atomic E-state index is 11.7. The molecular weight excluding hydrogens is 266 g/mol. The van der Waals surface area contributed by atoms with E-state index >= 15 is 0 Å². The monoisotopic (exact) mass is 277 g/mol. The Labute approximate surface area is 115 Å². The molecule has 2 rings (SSSR count). The van der Waals surface area contributed by atoms with Crippen LogP contribution in [-0.4, -0.2) is 5.91 Å². The Kier molecular flexibility index (Phi) is 4.18. The number of benzene rings is 1. The normalized spacial score (nSPS) is 10.8. The van der Waals surface area contributed by atoms with Gasteiger partial charge in [0.25, 0.3) is 0 Å². The molecule has 1 amide bonds. The average molecular weight is 278 g/mol. The van der Waals surface area contributed by atoms with Gasteiger partial charge in [-0.3, -0.25) is 4.79 Å². The second-order valence-electron chi connectivity index (χ2n) is 3.80. The van der Waals surface area contributed by atoms with Crippen molar-refractivity contribution in [1.29, 1.82) is 0 Å². The second-order valence-corrected chi connectivity index (χ2v) is 5.18. The van der Waals surface area contributed by atoms with E-state index in [0.29, 0.717) is 5.02 Å². The van der Waals surface area contributed by atoms with Crippen molar-refractivity contribution >= 4 is 40.6 Å². The molecule has 0 bridgehead atoms. The summed E-state index contributed by atoms with van der Waals surface area (Å²) < 4.78 is 0. The molecule has 0 spiro atoms. The zero-order valence-corrected chi connectivity index (χ0v) is 11.4. The summed E-state index contributed by atoms with van der Waals surface area (Å²) in [5, 5.41) is 5.43. The van der Waals surface area contributed by atoms with E-state index in [1.807, 2.05) is 24.4 Å². The molecule has 1 aromatic heterocycles. The summed E-state index contributed by atoms with van der Waals surface area (Å²) >= 11 is 7.38. The van der Waals surface area contributed by atoms with Crippen LogP contribution in [0.5, 0.6) is 0 Å². The van der Waals surface area contributed by atoms with Crippen molar-refractivity contribution in [3.8, 4) is 0 Å². The van der Waals surface area contributed by atoms with Gasteiger partial charge in [-0.15, -0.1) is 11.3 Å². The van der Waals surface area contributed by atoms with Crippen LogP contribution >= 0.6 is 22.9 Å². The van der Waals surface area contributed by atoms with Gasteiger partial charge in [0.15, 0.2) is 0 Å². The number of carbonyl (C=O) groups is 1. The summed E-state index contributed by atoms with van der Waals surface area (Å²) in [5.74, 6) is -0.148. The predicted octanol–water partition coefficient (Wildman–Crippen LogP) is 4.36. The van der Waals surface area contributed by atoms with Crippen molar-refractivity contribution in [2.24, 2.45) is 0 Å². The number of aryl methyl sites for hydroxylation is 1. The van der Waals surface area contributed by atoms with Crippen molar-refractivity contribution in [2.45, 2.75) is 6.92 Å². The van der Waals surface area contributed by atoms with Crippen molar-refractivity contribution < 1.29 is 4.79 Å². The van der Waals surface area contributed by atoms with Gasteiger partial charge in [0.2, 0.25) is 5.91 Å². The van der Waals surface area contributed by atoms with Gasteiger partial charge in [-0.1, -0.05) is 11.6 Å². The first-order valence-electron chi connectivity index (χ1n) is 5.44. The molecule has 0 aliphatic rings. The molecule has 0 saturated heterocycles. The fourth-order valence-corrected chi connectivity index (χ4v) is 2.37. The Balaban J connectivity index is 1.99. The zero-order chi connectivity index (χ0) is 13.0. The van der Waals surface area contributed by atoms with Crippen LogP contribution in [0.15, 0.2) is 41.8 Å². The summed E-state index contributed by atoms with van der Waals surface area (Å²) in [6.45, 7) is 2.02. The maximum Gasteiger partial charge on any atom is 0.248 e. The highest BCUT2D eigenvalue weighted by atomic mass is 35.5. The van der Waals surface area contributed by atoms with E-state index in [2.05, 4.69) is 5.32 Å². The summed E-state index contributed by atoms with van der Waals surface area (Å²) in [5.41, 5.74) is 1.91. The van der Waals surface area contributed by atoms with E-state index in [1.54, 1.807) is 35.6 Å². The molecule has 0 unspecified atom stereocenters. The first kappa shape index (κ1) is 12.9. The van der Waals surface area contributed by atoms with Gasteiger partial charge in [-0.2, -0.15) is 0 Å². The molecule has 18 heavy (non-hydrogen) atoms. The Hall–Kier alpha value is -1.58. The van der Waals surface area contributed by atoms with Crippen LogP contribution in [0.2, 0.25) is 5.02 Å². The summed E-state index contributed by atoms with van der Waals surface area (Å²) in [7, 11) is 0. The molecular formula is C14H12ClNOS. The van der Waals surface area contributed by atoms with Crippen LogP contribution in [0.25, 0.3) is 6.08 Å². The molecule has 2 nitrogen and oxygen atoms in total. The fraction of sp³-hybridized carbons (Fsp3) is 0.0714. The number of halogens is 1. The minimum absolute atomic E-state index is 0.148.